The highest BCUT2D eigenvalue weighted by atomic mass is 16.4. The van der Waals surface area contributed by atoms with E-state index in [2.05, 4.69) is 5.92 Å². The van der Waals surface area contributed by atoms with Crippen molar-refractivity contribution in [2.24, 2.45) is 5.92 Å². The molecule has 3 nitrogen and oxygen atoms in total. The molecule has 0 fully saturated rings. The minimum atomic E-state index is -0.879. The molecule has 86 valence electrons. The van der Waals surface area contributed by atoms with Gasteiger partial charge >= 0.3 is 5.97 Å². The predicted molar refractivity (Wildman–Crippen MR) is 63.1 cm³/mol. The van der Waals surface area contributed by atoms with E-state index in [9.17, 15) is 4.79 Å². The Balaban J connectivity index is 0.000000293. The summed E-state index contributed by atoms with van der Waals surface area (Å²) in [6.07, 6.45) is 4.30. The molecule has 0 unspecified atom stereocenters. The maximum atomic E-state index is 10.2. The molecule has 0 aliphatic carbocycles. The molecule has 1 aromatic carbocycles. The van der Waals surface area contributed by atoms with Crippen molar-refractivity contribution in [1.29, 1.82) is 0 Å². The third-order valence-electron chi connectivity index (χ3n) is 1.82. The van der Waals surface area contributed by atoms with E-state index < -0.39 is 12.1 Å². The summed E-state index contributed by atoms with van der Waals surface area (Å²) < 4.78 is 0. The Bertz CT molecular complexity index is 349. The number of hydrogen-bond donors (Lipinski definition) is 2. The minimum Gasteiger partial charge on any atom is -0.478 e. The lowest BCUT2D eigenvalue weighted by Crippen LogP contribution is -2.10. The predicted octanol–water partition coefficient (Wildman–Crippen LogP) is 2.02. The summed E-state index contributed by atoms with van der Waals surface area (Å²) in [4.78, 5) is 10.2. The lowest BCUT2D eigenvalue weighted by molar-refractivity contribution is 0.0697. The average molecular weight is 220 g/mol. The van der Waals surface area contributed by atoms with Gasteiger partial charge in [-0.05, 0) is 18.1 Å². The van der Waals surface area contributed by atoms with Gasteiger partial charge in [-0.3, -0.25) is 0 Å². The number of aromatic carboxylic acids is 1. The normalized spacial score (nSPS) is 10.9. The van der Waals surface area contributed by atoms with Crippen LogP contribution in [0.3, 0.4) is 0 Å². The van der Waals surface area contributed by atoms with E-state index >= 15 is 0 Å². The standard InChI is InChI=1S/C7H6O2.C6H10O/c8-7(9)6-4-2-1-3-5-6;1-4-6(7)5(2)3/h1-5H,(H,8,9);1,5-7H,2-3H3/t;6-/m.0/s1. The number of carbonyl (C=O) groups is 1. The number of terminal acetylenes is 1. The van der Waals surface area contributed by atoms with E-state index in [-0.39, 0.29) is 5.92 Å². The van der Waals surface area contributed by atoms with Gasteiger partial charge < -0.3 is 10.2 Å². The third kappa shape index (κ3) is 5.84. The van der Waals surface area contributed by atoms with E-state index in [0.29, 0.717) is 5.56 Å². The van der Waals surface area contributed by atoms with Gasteiger partial charge in [0.25, 0.3) is 0 Å². The van der Waals surface area contributed by atoms with Gasteiger partial charge in [-0.25, -0.2) is 4.79 Å². The maximum absolute atomic E-state index is 10.2. The number of aliphatic hydroxyl groups excluding tert-OH is 1. The van der Waals surface area contributed by atoms with Crippen LogP contribution in [-0.2, 0) is 0 Å². The molecule has 0 aliphatic rings. The first-order chi connectivity index (χ1) is 7.49. The summed E-state index contributed by atoms with van der Waals surface area (Å²) in [6, 6.07) is 8.30. The zero-order valence-corrected chi connectivity index (χ0v) is 9.42. The highest BCUT2D eigenvalue weighted by Gasteiger charge is 2.01. The fourth-order valence-electron chi connectivity index (χ4n) is 0.773. The van der Waals surface area contributed by atoms with Gasteiger partial charge in [-0.2, -0.15) is 0 Å². The van der Waals surface area contributed by atoms with Gasteiger partial charge in [-0.15, -0.1) is 6.42 Å². The van der Waals surface area contributed by atoms with E-state index in [1.807, 2.05) is 13.8 Å². The maximum Gasteiger partial charge on any atom is 0.335 e. The number of aliphatic hydroxyl groups is 1. The van der Waals surface area contributed by atoms with E-state index in [4.69, 9.17) is 16.6 Å². The Kier molecular flexibility index (Phi) is 6.66. The highest BCUT2D eigenvalue weighted by Crippen LogP contribution is 1.97. The zero-order chi connectivity index (χ0) is 12.6. The van der Waals surface area contributed by atoms with Crippen molar-refractivity contribution in [3.05, 3.63) is 35.9 Å². The van der Waals surface area contributed by atoms with Crippen LogP contribution >= 0.6 is 0 Å². The van der Waals surface area contributed by atoms with Gasteiger partial charge in [-0.1, -0.05) is 38.0 Å². The largest absolute Gasteiger partial charge is 0.478 e. The molecule has 3 heteroatoms. The molecular formula is C13H16O3. The summed E-state index contributed by atoms with van der Waals surface area (Å²) in [5.41, 5.74) is 0.331. The molecule has 1 aromatic rings. The number of carboxylic acid groups (broad SMARTS) is 1. The van der Waals surface area contributed by atoms with Crippen LogP contribution in [0.2, 0.25) is 0 Å². The zero-order valence-electron chi connectivity index (χ0n) is 9.42. The summed E-state index contributed by atoms with van der Waals surface area (Å²) in [5, 5.41) is 17.1. The highest BCUT2D eigenvalue weighted by molar-refractivity contribution is 5.87. The van der Waals surface area contributed by atoms with E-state index in [1.165, 1.54) is 0 Å². The number of rotatable bonds is 2. The van der Waals surface area contributed by atoms with Crippen LogP contribution in [0.25, 0.3) is 0 Å². The Morgan fingerprint density at radius 1 is 1.31 bits per heavy atom. The summed E-state index contributed by atoms with van der Waals surface area (Å²) in [6.45, 7) is 3.76. The van der Waals surface area contributed by atoms with Crippen molar-refractivity contribution in [3.8, 4) is 12.3 Å². The van der Waals surface area contributed by atoms with Gasteiger partial charge in [0.1, 0.15) is 6.10 Å². The topological polar surface area (TPSA) is 57.5 Å². The smallest absolute Gasteiger partial charge is 0.335 e. The van der Waals surface area contributed by atoms with Crippen LogP contribution in [0.1, 0.15) is 24.2 Å². The summed E-state index contributed by atoms with van der Waals surface area (Å²) in [5.74, 6) is 1.53. The van der Waals surface area contributed by atoms with Crippen molar-refractivity contribution in [2.45, 2.75) is 20.0 Å². The first-order valence-corrected chi connectivity index (χ1v) is 4.91. The third-order valence-corrected chi connectivity index (χ3v) is 1.82. The monoisotopic (exact) mass is 220 g/mol. The van der Waals surface area contributed by atoms with Crippen LogP contribution in [0.4, 0.5) is 0 Å². The molecule has 0 aliphatic heterocycles. The second-order valence-electron chi connectivity index (χ2n) is 3.53. The molecule has 0 heterocycles. The van der Waals surface area contributed by atoms with E-state index in [0.717, 1.165) is 0 Å². The molecule has 0 spiro atoms. The van der Waals surface area contributed by atoms with Crippen molar-refractivity contribution < 1.29 is 15.0 Å². The molecule has 0 radical (unpaired) electrons. The average Bonchev–Trinajstić information content (AvgIpc) is 2.29. The molecular weight excluding hydrogens is 204 g/mol. The molecule has 0 saturated carbocycles. The Labute approximate surface area is 95.7 Å². The van der Waals surface area contributed by atoms with Crippen molar-refractivity contribution >= 4 is 5.97 Å². The molecule has 0 bridgehead atoms. The van der Waals surface area contributed by atoms with Crippen molar-refractivity contribution in [2.75, 3.05) is 0 Å². The quantitative estimate of drug-likeness (QED) is 0.750. The molecule has 16 heavy (non-hydrogen) atoms. The van der Waals surface area contributed by atoms with Gasteiger partial charge in [0.15, 0.2) is 0 Å². The second-order valence-corrected chi connectivity index (χ2v) is 3.53. The second kappa shape index (κ2) is 7.49. The molecule has 1 atom stereocenters. The summed E-state index contributed by atoms with van der Waals surface area (Å²) in [7, 11) is 0. The lowest BCUT2D eigenvalue weighted by Gasteiger charge is -2.03. The van der Waals surface area contributed by atoms with Gasteiger partial charge in [0, 0.05) is 0 Å². The number of carboxylic acids is 1. The fourth-order valence-corrected chi connectivity index (χ4v) is 0.773. The van der Waals surface area contributed by atoms with Gasteiger partial charge in [0.2, 0.25) is 0 Å². The van der Waals surface area contributed by atoms with E-state index in [1.54, 1.807) is 30.3 Å². The SMILES string of the molecule is C#C[C@H](O)C(C)C.O=C(O)c1ccccc1. The molecule has 0 saturated heterocycles. The van der Waals surface area contributed by atoms with Crippen LogP contribution in [-0.4, -0.2) is 22.3 Å². The molecule has 1 rings (SSSR count). The fraction of sp³-hybridized carbons (Fsp3) is 0.308. The Morgan fingerprint density at radius 3 is 2.00 bits per heavy atom. The Hall–Kier alpha value is -1.79. The first kappa shape index (κ1) is 14.2. The lowest BCUT2D eigenvalue weighted by atomic mass is 10.1. The molecule has 2 N–H and O–H groups in total. The van der Waals surface area contributed by atoms with Gasteiger partial charge in [0.05, 0.1) is 5.56 Å². The van der Waals surface area contributed by atoms with Crippen LogP contribution in [0, 0.1) is 18.3 Å². The van der Waals surface area contributed by atoms with Crippen LogP contribution in [0.15, 0.2) is 30.3 Å². The molecule has 0 amide bonds. The summed E-state index contributed by atoms with van der Waals surface area (Å²) >= 11 is 0. The van der Waals surface area contributed by atoms with Crippen molar-refractivity contribution in [1.82, 2.24) is 0 Å². The Morgan fingerprint density at radius 2 is 1.81 bits per heavy atom. The van der Waals surface area contributed by atoms with Crippen LogP contribution in [0.5, 0.6) is 0 Å². The number of hydrogen-bond acceptors (Lipinski definition) is 2. The van der Waals surface area contributed by atoms with Crippen molar-refractivity contribution in [3.63, 3.8) is 0 Å². The molecule has 0 aromatic heterocycles. The number of benzene rings is 1. The van der Waals surface area contributed by atoms with Crippen LogP contribution < -0.4 is 0 Å². The first-order valence-electron chi connectivity index (χ1n) is 4.91. The minimum absolute atomic E-state index is 0.185.